The zero-order chi connectivity index (χ0) is 27.6. The molecule has 42 heavy (non-hydrogen) atoms. The first-order valence-corrected chi connectivity index (χ1v) is 20.9. The van der Waals surface area contributed by atoms with Gasteiger partial charge in [-0.2, -0.15) is 0 Å². The Morgan fingerprint density at radius 2 is 1.45 bits per heavy atom. The van der Waals surface area contributed by atoms with E-state index in [1.807, 2.05) is 11.3 Å². The molecule has 0 nitrogen and oxygen atoms in total. The number of fused-ring (bicyclic) bond motifs is 1. The Morgan fingerprint density at radius 3 is 2.02 bits per heavy atom. The quantitative estimate of drug-likeness (QED) is 0.343. The van der Waals surface area contributed by atoms with E-state index in [2.05, 4.69) is 88.5 Å². The Morgan fingerprint density at radius 1 is 0.833 bits per heavy atom. The van der Waals surface area contributed by atoms with E-state index in [4.69, 9.17) is 0 Å². The molecule has 217 valence electrons. The van der Waals surface area contributed by atoms with Gasteiger partial charge in [-0.25, -0.2) is 0 Å². The fraction of sp³-hybridized carbons (Fsp3) is 0.459. The van der Waals surface area contributed by atoms with Gasteiger partial charge in [0.25, 0.3) is 0 Å². The van der Waals surface area contributed by atoms with Crippen molar-refractivity contribution in [3.05, 3.63) is 91.7 Å². The van der Waals surface area contributed by atoms with Gasteiger partial charge in [-0.1, -0.05) is 18.7 Å². The average Bonchev–Trinajstić information content (AvgIpc) is 3.56. The molecule has 0 amide bonds. The molecule has 5 heteroatoms. The minimum Gasteiger partial charge on any atom is -1.00 e. The van der Waals surface area contributed by atoms with E-state index >= 15 is 0 Å². The maximum absolute atomic E-state index is 2.52. The molecule has 2 aromatic carbocycles. The minimum absolute atomic E-state index is 0. The number of rotatable bonds is 2. The van der Waals surface area contributed by atoms with Crippen LogP contribution in [0.25, 0.3) is 22.4 Å². The number of hydrogen-bond acceptors (Lipinski definition) is 1. The van der Waals surface area contributed by atoms with Gasteiger partial charge in [-0.05, 0) is 30.7 Å². The van der Waals surface area contributed by atoms with Crippen molar-refractivity contribution >= 4 is 30.7 Å². The van der Waals surface area contributed by atoms with E-state index in [1.54, 1.807) is 51.5 Å². The molecule has 1 aromatic heterocycles. The Labute approximate surface area is 285 Å². The van der Waals surface area contributed by atoms with Crippen LogP contribution in [0.4, 0.5) is 0 Å². The van der Waals surface area contributed by atoms with Gasteiger partial charge in [-0.3, -0.25) is 0 Å². The number of halogens is 2. The summed E-state index contributed by atoms with van der Waals surface area (Å²) in [6.07, 6.45) is 11.4. The summed E-state index contributed by atoms with van der Waals surface area (Å²) in [6, 6.07) is 19.1. The van der Waals surface area contributed by atoms with E-state index in [0.717, 1.165) is 23.3 Å². The van der Waals surface area contributed by atoms with Crippen LogP contribution in [0.2, 0.25) is 13.1 Å². The minimum atomic E-state index is -0.995. The summed E-state index contributed by atoms with van der Waals surface area (Å²) < 4.78 is 0.651. The molecule has 8 aliphatic rings. The topological polar surface area (TPSA) is 0 Å². The summed E-state index contributed by atoms with van der Waals surface area (Å²) in [4.78, 5) is 3.14. The third-order valence-electron chi connectivity index (χ3n) is 11.7. The summed E-state index contributed by atoms with van der Waals surface area (Å²) in [5, 5.41) is 1.78. The molecule has 6 aliphatic carbocycles. The van der Waals surface area contributed by atoms with Gasteiger partial charge in [0, 0.05) is 15.3 Å². The second-order valence-electron chi connectivity index (χ2n) is 14.8. The Bertz CT molecular complexity index is 1580. The molecule has 4 saturated carbocycles. The predicted molar refractivity (Wildman–Crippen MR) is 170 cm³/mol. The van der Waals surface area contributed by atoms with Gasteiger partial charge in [0.05, 0.1) is 8.07 Å². The molecule has 6 bridgehead atoms. The Kier molecular flexibility index (Phi) is 8.18. The maximum atomic E-state index is 2.52. The third kappa shape index (κ3) is 4.57. The van der Waals surface area contributed by atoms with Crippen molar-refractivity contribution in [2.75, 3.05) is 0 Å². The van der Waals surface area contributed by atoms with E-state index in [-0.39, 0.29) is 24.8 Å². The molecule has 2 unspecified atom stereocenters. The van der Waals surface area contributed by atoms with Crippen LogP contribution in [0, 0.1) is 24.7 Å². The number of hydrogen-bond donors (Lipinski definition) is 0. The smallest absolute Gasteiger partial charge is 1.00 e. The summed E-state index contributed by atoms with van der Waals surface area (Å²) in [7, 11) is -0.995. The maximum Gasteiger partial charge on any atom is -1.00 e. The summed E-state index contributed by atoms with van der Waals surface area (Å²) in [5.74, 6) is 3.06. The van der Waals surface area contributed by atoms with Gasteiger partial charge in [0.15, 0.2) is 0 Å². The van der Waals surface area contributed by atoms with Crippen molar-refractivity contribution in [1.82, 2.24) is 0 Å². The van der Waals surface area contributed by atoms with Crippen LogP contribution in [0.3, 0.4) is 0 Å². The largest absolute Gasteiger partial charge is 1.00 e. The number of allylic oxidation sites excluding steroid dienone is 2. The van der Waals surface area contributed by atoms with Gasteiger partial charge in [-0.15, -0.1) is 11.3 Å². The van der Waals surface area contributed by atoms with E-state index in [0.29, 0.717) is 9.04 Å². The standard InChI is InChI=1S/C26H27.C11H14SSi.2ClH.Zr/c1-17-9-22-3-2-4-24(25(22)10-17)21-5-7-23(8-6-21)26-14-18-11-19(15-26)13-20(12-18)16-26;1-6-5-8-9(12-6)11-7(2)10(8)13(11,3)4;;;/h2-10,18-20H,11-16H2,1H3;5,10H,1-4H3;2*1H;/q;;;;+2/p-2. The summed E-state index contributed by atoms with van der Waals surface area (Å²) >= 11 is 3.61. The van der Waals surface area contributed by atoms with Gasteiger partial charge < -0.3 is 24.8 Å². The van der Waals surface area contributed by atoms with Crippen LogP contribution in [-0.2, 0) is 30.1 Å². The zero-order valence-corrected chi connectivity index (χ0v) is 31.3. The van der Waals surface area contributed by atoms with Crippen molar-refractivity contribution in [2.45, 2.75) is 87.0 Å². The van der Waals surface area contributed by atoms with Crippen LogP contribution in [0.15, 0.2) is 59.7 Å². The molecule has 4 fully saturated rings. The molecule has 2 atom stereocenters. The SMILES string of the molecule is CC1=C2c3sc(C)cc3C1[Si]2(C)C.CC1=Cc2c(-c3ccc(C45CC6CC(CC(C6)C4)C5)cc3)cccc2[CH]1[Zr+2].[Cl-].[Cl-]. The monoisotopic (exact) mass is 705 g/mol. The van der Waals surface area contributed by atoms with Crippen LogP contribution in [0.5, 0.6) is 0 Å². The number of aryl methyl sites for hydroxylation is 1. The van der Waals surface area contributed by atoms with Crippen LogP contribution < -0.4 is 24.8 Å². The molecule has 3 heterocycles. The van der Waals surface area contributed by atoms with Crippen molar-refractivity contribution in [1.29, 1.82) is 0 Å². The second-order valence-corrected chi connectivity index (χ2v) is 22.0. The normalized spacial score (nSPS) is 31.7. The molecule has 11 rings (SSSR count). The molecule has 0 N–H and O–H groups in total. The summed E-state index contributed by atoms with van der Waals surface area (Å²) in [6.45, 7) is 11.9. The first-order chi connectivity index (χ1) is 19.1. The first-order valence-electron chi connectivity index (χ1n) is 15.6. The van der Waals surface area contributed by atoms with Crippen LogP contribution >= 0.6 is 11.3 Å². The van der Waals surface area contributed by atoms with E-state index in [9.17, 15) is 0 Å². The van der Waals surface area contributed by atoms with Gasteiger partial charge >= 0.3 is 179 Å². The number of thiophene rings is 1. The summed E-state index contributed by atoms with van der Waals surface area (Å²) in [5.41, 5.74) is 13.8. The van der Waals surface area contributed by atoms with Crippen molar-refractivity contribution < 1.29 is 49.5 Å². The first kappa shape index (κ1) is 31.3. The molecule has 0 saturated heterocycles. The molecule has 3 aromatic rings. The average molecular weight is 708 g/mol. The predicted octanol–water partition coefficient (Wildman–Crippen LogP) is 4.56. The molecule has 2 aliphatic heterocycles. The fourth-order valence-corrected chi connectivity index (χ4v) is 17.7. The molecular weight excluding hydrogens is 667 g/mol. The third-order valence-corrected chi connectivity index (χ3v) is 19.0. The number of benzene rings is 2. The van der Waals surface area contributed by atoms with E-state index < -0.39 is 8.07 Å². The Balaban J connectivity index is 0.000000178. The van der Waals surface area contributed by atoms with Crippen molar-refractivity contribution in [3.63, 3.8) is 0 Å². The van der Waals surface area contributed by atoms with Gasteiger partial charge in [0.1, 0.15) is 0 Å². The molecular formula is C37H41Cl2SSiZr. The van der Waals surface area contributed by atoms with E-state index in [1.165, 1.54) is 71.2 Å². The zero-order valence-electron chi connectivity index (χ0n) is 25.5. The van der Waals surface area contributed by atoms with Crippen molar-refractivity contribution in [3.8, 4) is 11.1 Å². The van der Waals surface area contributed by atoms with Gasteiger partial charge in [0.2, 0.25) is 0 Å². The molecule has 0 spiro atoms. The van der Waals surface area contributed by atoms with Crippen LogP contribution in [-0.4, -0.2) is 8.07 Å². The fourth-order valence-electron chi connectivity index (χ4n) is 10.6. The van der Waals surface area contributed by atoms with Crippen molar-refractivity contribution in [2.24, 2.45) is 17.8 Å². The second kappa shape index (κ2) is 11.0. The molecule has 0 radical (unpaired) electrons. The Hall–Kier alpha value is -0.700. The van der Waals surface area contributed by atoms with Crippen LogP contribution in [0.1, 0.15) is 93.5 Å².